The number of para-hydroxylation sites is 1. The summed E-state index contributed by atoms with van der Waals surface area (Å²) in [6, 6.07) is 15.4. The van der Waals surface area contributed by atoms with Gasteiger partial charge >= 0.3 is 0 Å². The van der Waals surface area contributed by atoms with Crippen molar-refractivity contribution in [1.29, 1.82) is 0 Å². The molecule has 47 heavy (non-hydrogen) atoms. The van der Waals surface area contributed by atoms with Gasteiger partial charge in [0.15, 0.2) is 5.82 Å². The highest BCUT2D eigenvalue weighted by atomic mass is 16.5. The molecule has 8 N–H and O–H groups in total. The second kappa shape index (κ2) is 20.2. The summed E-state index contributed by atoms with van der Waals surface area (Å²) in [7, 11) is 1.68. The van der Waals surface area contributed by atoms with Crippen LogP contribution in [0, 0.1) is 12.3 Å². The summed E-state index contributed by atoms with van der Waals surface area (Å²) in [6.07, 6.45) is 8.00. The number of terminal acetylenes is 1. The third-order valence-electron chi connectivity index (χ3n) is 7.05. The number of hydrogen-bond donors (Lipinski definition) is 5. The van der Waals surface area contributed by atoms with Gasteiger partial charge in [0, 0.05) is 51.6 Å². The van der Waals surface area contributed by atoms with Gasteiger partial charge in [-0.1, -0.05) is 68.7 Å². The fourth-order valence-electron chi connectivity index (χ4n) is 4.49. The molecule has 0 saturated carbocycles. The van der Waals surface area contributed by atoms with Crippen molar-refractivity contribution in [2.45, 2.75) is 72.0 Å². The number of methoxy groups -OCH3 is 1. The standard InChI is InChI=1S/C28H35N7O2.C4H5NO.C3H8O/c1-3-5-10-23-34-25-26(20-8-6-7-9-21(20)33-27(25)30)35(23)17-19-13-11-18(12-14-19)16-31-28(37)22(15-29)32-24(36)4-2;1-2-3-4(5)6;1-3-4-2/h6-9,11-14,22H,3-5,10,15-17,29H2,1-2H3,(H2,30,33)(H,31,37)(H,32,36);1H,3H2,(H2,5,6);3H2,1-2H3. The Hall–Kier alpha value is -4.99. The van der Waals surface area contributed by atoms with E-state index in [9.17, 15) is 14.4 Å². The van der Waals surface area contributed by atoms with Crippen LogP contribution < -0.4 is 27.8 Å². The Kier molecular flexibility index (Phi) is 16.4. The molecule has 12 heteroatoms. The first-order valence-corrected chi connectivity index (χ1v) is 15.7. The molecule has 2 aromatic carbocycles. The predicted octanol–water partition coefficient (Wildman–Crippen LogP) is 3.18. The van der Waals surface area contributed by atoms with Crippen LogP contribution in [0.1, 0.15) is 63.4 Å². The normalized spacial score (nSPS) is 11.0. The number of nitrogens with one attached hydrogen (secondary N) is 2. The first kappa shape index (κ1) is 38.2. The maximum atomic E-state index is 12.4. The molecule has 252 valence electrons. The topological polar surface area (TPSA) is 193 Å². The lowest BCUT2D eigenvalue weighted by Gasteiger charge is -2.16. The number of primary amides is 1. The van der Waals surface area contributed by atoms with E-state index < -0.39 is 11.9 Å². The van der Waals surface area contributed by atoms with Crippen LogP contribution in [0.2, 0.25) is 0 Å². The number of rotatable bonds is 13. The average Bonchev–Trinajstić information content (AvgIpc) is 3.44. The number of hydrogen-bond acceptors (Lipinski definition) is 8. The summed E-state index contributed by atoms with van der Waals surface area (Å²) < 4.78 is 6.80. The monoisotopic (exact) mass is 644 g/mol. The number of aromatic nitrogens is 3. The molecule has 0 spiro atoms. The van der Waals surface area contributed by atoms with E-state index in [4.69, 9.17) is 16.5 Å². The minimum Gasteiger partial charge on any atom is -0.385 e. The fraction of sp³-hybridized carbons (Fsp3) is 0.400. The smallest absolute Gasteiger partial charge is 0.244 e. The minimum absolute atomic E-state index is 0.0417. The van der Waals surface area contributed by atoms with Gasteiger partial charge in [0.25, 0.3) is 0 Å². The lowest BCUT2D eigenvalue weighted by Crippen LogP contribution is -2.50. The molecule has 0 saturated heterocycles. The molecule has 2 aromatic heterocycles. The number of pyridine rings is 1. The number of benzene rings is 2. The van der Waals surface area contributed by atoms with Gasteiger partial charge < -0.3 is 37.1 Å². The number of anilines is 1. The first-order chi connectivity index (χ1) is 22.6. The van der Waals surface area contributed by atoms with Gasteiger partial charge in [0.2, 0.25) is 17.7 Å². The zero-order chi connectivity index (χ0) is 34.8. The molecule has 4 aromatic rings. The third kappa shape index (κ3) is 11.7. The van der Waals surface area contributed by atoms with Crippen LogP contribution in [0.5, 0.6) is 0 Å². The Labute approximate surface area is 276 Å². The molecular weight excluding hydrogens is 596 g/mol. The van der Waals surface area contributed by atoms with Crippen LogP contribution in [0.4, 0.5) is 5.82 Å². The molecule has 12 nitrogen and oxygen atoms in total. The summed E-state index contributed by atoms with van der Waals surface area (Å²) in [5.41, 5.74) is 21.3. The Balaban J connectivity index is 0.000000671. The molecule has 0 aliphatic heterocycles. The molecule has 0 aliphatic carbocycles. The highest BCUT2D eigenvalue weighted by molar-refractivity contribution is 6.06. The molecule has 1 atom stereocenters. The van der Waals surface area contributed by atoms with Crippen LogP contribution >= 0.6 is 0 Å². The number of unbranched alkanes of at least 4 members (excludes halogenated alkanes) is 1. The minimum atomic E-state index is -0.737. The van der Waals surface area contributed by atoms with Gasteiger partial charge in [-0.3, -0.25) is 14.4 Å². The Bertz CT molecular complexity index is 1640. The number of ether oxygens (including phenoxy) is 1. The molecule has 0 aliphatic rings. The van der Waals surface area contributed by atoms with E-state index in [-0.39, 0.29) is 24.8 Å². The van der Waals surface area contributed by atoms with E-state index in [0.29, 0.717) is 25.3 Å². The number of fused-ring (bicyclic) bond motifs is 3. The Morgan fingerprint density at radius 2 is 1.70 bits per heavy atom. The van der Waals surface area contributed by atoms with Crippen molar-refractivity contribution >= 4 is 45.5 Å². The van der Waals surface area contributed by atoms with Crippen molar-refractivity contribution in [1.82, 2.24) is 25.2 Å². The van der Waals surface area contributed by atoms with Gasteiger partial charge in [0.1, 0.15) is 17.4 Å². The van der Waals surface area contributed by atoms with Crippen molar-refractivity contribution in [3.63, 3.8) is 0 Å². The lowest BCUT2D eigenvalue weighted by molar-refractivity contribution is -0.128. The van der Waals surface area contributed by atoms with E-state index in [1.54, 1.807) is 14.0 Å². The Morgan fingerprint density at radius 1 is 1.04 bits per heavy atom. The van der Waals surface area contributed by atoms with Gasteiger partial charge in [0.05, 0.1) is 17.5 Å². The molecule has 0 radical (unpaired) electrons. The van der Waals surface area contributed by atoms with E-state index in [1.165, 1.54) is 0 Å². The number of carbonyl (C=O) groups excluding carboxylic acids is 3. The fourth-order valence-corrected chi connectivity index (χ4v) is 4.49. The maximum Gasteiger partial charge on any atom is 0.244 e. The van der Waals surface area contributed by atoms with E-state index >= 15 is 0 Å². The molecule has 3 amide bonds. The van der Waals surface area contributed by atoms with Gasteiger partial charge in [-0.15, -0.1) is 6.42 Å². The van der Waals surface area contributed by atoms with Gasteiger partial charge in [-0.05, 0) is 30.5 Å². The predicted molar refractivity (Wildman–Crippen MR) is 187 cm³/mol. The number of carbonyl (C=O) groups is 3. The van der Waals surface area contributed by atoms with Crippen LogP contribution in [0.15, 0.2) is 48.5 Å². The van der Waals surface area contributed by atoms with Crippen LogP contribution in [0.25, 0.3) is 21.9 Å². The number of nitrogens with two attached hydrogens (primary N) is 3. The summed E-state index contributed by atoms with van der Waals surface area (Å²) in [6.45, 7) is 7.72. The zero-order valence-corrected chi connectivity index (χ0v) is 27.8. The Morgan fingerprint density at radius 3 is 2.26 bits per heavy atom. The summed E-state index contributed by atoms with van der Waals surface area (Å²) >= 11 is 0. The van der Waals surface area contributed by atoms with Crippen molar-refractivity contribution in [2.24, 2.45) is 11.5 Å². The third-order valence-corrected chi connectivity index (χ3v) is 7.05. The first-order valence-electron chi connectivity index (χ1n) is 15.7. The molecular formula is C35H48N8O4. The number of imidazole rings is 1. The molecule has 0 bridgehead atoms. The average molecular weight is 645 g/mol. The summed E-state index contributed by atoms with van der Waals surface area (Å²) in [5, 5.41) is 6.53. The zero-order valence-electron chi connectivity index (χ0n) is 27.8. The SMILES string of the molecule is C#CCC(N)=O.CCCCc1nc2c(N)nc3ccccc3c2n1Cc1ccc(CNC(=O)C(CN)NC(=O)CC)cc1.CCOC. The second-order valence-corrected chi connectivity index (χ2v) is 10.6. The van der Waals surface area contributed by atoms with Crippen LogP contribution in [0.3, 0.4) is 0 Å². The highest BCUT2D eigenvalue weighted by Crippen LogP contribution is 2.30. The van der Waals surface area contributed by atoms with Gasteiger partial charge in [-0.25, -0.2) is 9.97 Å². The quantitative estimate of drug-likeness (QED) is 0.137. The van der Waals surface area contributed by atoms with Crippen molar-refractivity contribution < 1.29 is 19.1 Å². The lowest BCUT2D eigenvalue weighted by atomic mass is 10.1. The molecule has 4 rings (SSSR count). The van der Waals surface area contributed by atoms with Crippen molar-refractivity contribution in [3.8, 4) is 12.3 Å². The molecule has 2 heterocycles. The van der Waals surface area contributed by atoms with Crippen LogP contribution in [-0.4, -0.2) is 58.6 Å². The van der Waals surface area contributed by atoms with Gasteiger partial charge in [-0.2, -0.15) is 0 Å². The van der Waals surface area contributed by atoms with E-state index in [0.717, 1.165) is 64.8 Å². The highest BCUT2D eigenvalue weighted by Gasteiger charge is 2.19. The van der Waals surface area contributed by atoms with Crippen molar-refractivity contribution in [2.75, 3.05) is 26.0 Å². The number of nitrogens with zero attached hydrogens (tertiary/aromatic N) is 3. The molecule has 1 unspecified atom stereocenters. The number of amides is 3. The maximum absolute atomic E-state index is 12.4. The summed E-state index contributed by atoms with van der Waals surface area (Å²) in [4.78, 5) is 43.2. The number of nitrogen functional groups attached to an aromatic ring is 1. The number of aryl methyl sites for hydroxylation is 1. The second-order valence-electron chi connectivity index (χ2n) is 10.6. The van der Waals surface area contributed by atoms with Crippen molar-refractivity contribution in [3.05, 3.63) is 65.5 Å². The largest absolute Gasteiger partial charge is 0.385 e. The summed E-state index contributed by atoms with van der Waals surface area (Å²) in [5.74, 6) is 2.59. The molecule has 0 fully saturated rings. The van der Waals surface area contributed by atoms with E-state index in [1.807, 2.05) is 37.3 Å². The van der Waals surface area contributed by atoms with E-state index in [2.05, 4.69) is 68.1 Å². The van der Waals surface area contributed by atoms with Crippen LogP contribution in [-0.2, 0) is 38.6 Å².